The molecule has 0 saturated heterocycles. The van der Waals surface area contributed by atoms with Crippen LogP contribution in [0.25, 0.3) is 11.0 Å². The molecule has 1 aliphatic carbocycles. The topological polar surface area (TPSA) is 105 Å². The van der Waals surface area contributed by atoms with Gasteiger partial charge >= 0.3 is 5.97 Å². The van der Waals surface area contributed by atoms with Gasteiger partial charge in [0, 0.05) is 6.42 Å². The second kappa shape index (κ2) is 7.58. The Labute approximate surface area is 163 Å². The summed E-state index contributed by atoms with van der Waals surface area (Å²) in [5.41, 5.74) is 1.47. The number of imidazole rings is 1. The van der Waals surface area contributed by atoms with E-state index in [-0.39, 0.29) is 23.5 Å². The number of carbonyl (C=O) groups is 2. The van der Waals surface area contributed by atoms with Gasteiger partial charge in [0.15, 0.2) is 5.78 Å². The lowest BCUT2D eigenvalue weighted by Gasteiger charge is -2.37. The molecule has 7 heteroatoms. The van der Waals surface area contributed by atoms with Crippen molar-refractivity contribution in [2.24, 2.45) is 16.3 Å². The van der Waals surface area contributed by atoms with Gasteiger partial charge in [-0.25, -0.2) is 9.98 Å². The molecule has 0 amide bonds. The molecular weight excluding hydrogens is 358 g/mol. The number of aromatic amines is 1. The second-order valence-electron chi connectivity index (χ2n) is 7.69. The van der Waals surface area contributed by atoms with Crippen LogP contribution in [0.4, 0.5) is 5.95 Å². The maximum absolute atomic E-state index is 12.8. The number of hydrogen-bond acceptors (Lipinski definition) is 6. The van der Waals surface area contributed by atoms with E-state index >= 15 is 0 Å². The zero-order chi connectivity index (χ0) is 20.5. The number of carbonyl (C=O) groups excluding carboxylic acids is 2. The van der Waals surface area contributed by atoms with Crippen molar-refractivity contribution in [2.75, 3.05) is 7.11 Å². The number of Topliss-reactive ketones (excluding diaryl/α,β-unsaturated/α-hetero) is 1. The zero-order valence-electron chi connectivity index (χ0n) is 16.6. The number of aliphatic hydroxyl groups excluding tert-OH is 1. The van der Waals surface area contributed by atoms with Crippen molar-refractivity contribution < 1.29 is 19.4 Å². The number of aliphatic imine (C=N–C) groups is 1. The Morgan fingerprint density at radius 3 is 2.71 bits per heavy atom. The van der Waals surface area contributed by atoms with Crippen molar-refractivity contribution in [2.45, 2.75) is 40.0 Å². The predicted octanol–water partition coefficient (Wildman–Crippen LogP) is 4.04. The fraction of sp³-hybridized carbons (Fsp3) is 0.429. The van der Waals surface area contributed by atoms with Crippen LogP contribution in [0.5, 0.6) is 0 Å². The van der Waals surface area contributed by atoms with Gasteiger partial charge in [-0.1, -0.05) is 32.9 Å². The van der Waals surface area contributed by atoms with Crippen LogP contribution in [0, 0.1) is 11.3 Å². The zero-order valence-corrected chi connectivity index (χ0v) is 16.6. The number of fused-ring (bicyclic) bond motifs is 1. The molecule has 148 valence electrons. The molecule has 1 heterocycles. The van der Waals surface area contributed by atoms with Gasteiger partial charge in [0.1, 0.15) is 11.7 Å². The Kier molecular flexibility index (Phi) is 5.36. The summed E-state index contributed by atoms with van der Waals surface area (Å²) in [7, 11) is 1.28. The molecule has 0 bridgehead atoms. The molecule has 28 heavy (non-hydrogen) atoms. The molecule has 0 saturated carbocycles. The van der Waals surface area contributed by atoms with E-state index in [0.717, 1.165) is 11.0 Å². The number of nitrogens with one attached hydrogen (secondary N) is 1. The van der Waals surface area contributed by atoms with E-state index in [1.807, 2.05) is 45.0 Å². The number of para-hydroxylation sites is 2. The number of H-pyrrole nitrogens is 1. The molecule has 0 unspecified atom stereocenters. The third kappa shape index (κ3) is 3.56. The molecule has 1 aliphatic rings. The molecule has 0 aliphatic heterocycles. The molecule has 1 atom stereocenters. The van der Waals surface area contributed by atoms with Gasteiger partial charge in [-0.15, -0.1) is 0 Å². The minimum Gasteiger partial charge on any atom is -0.511 e. The Morgan fingerprint density at radius 1 is 1.36 bits per heavy atom. The molecule has 3 rings (SSSR count). The fourth-order valence-electron chi connectivity index (χ4n) is 3.70. The molecule has 2 N–H and O–H groups in total. The number of allylic oxidation sites excluding steroid dienone is 1. The Bertz CT molecular complexity index is 951. The minimum absolute atomic E-state index is 0.108. The van der Waals surface area contributed by atoms with E-state index in [1.165, 1.54) is 7.11 Å². The molecule has 2 aromatic rings. The normalized spacial score (nSPS) is 20.6. The van der Waals surface area contributed by atoms with Crippen LogP contribution in [-0.4, -0.2) is 39.6 Å². The van der Waals surface area contributed by atoms with E-state index in [1.54, 1.807) is 0 Å². The summed E-state index contributed by atoms with van der Waals surface area (Å²) in [6.45, 7) is 5.58. The first-order valence-corrected chi connectivity index (χ1v) is 9.35. The van der Waals surface area contributed by atoms with E-state index in [4.69, 9.17) is 4.74 Å². The highest BCUT2D eigenvalue weighted by molar-refractivity contribution is 6.24. The Balaban J connectivity index is 2.15. The van der Waals surface area contributed by atoms with Crippen molar-refractivity contribution in [1.29, 1.82) is 0 Å². The van der Waals surface area contributed by atoms with Gasteiger partial charge in [0.2, 0.25) is 5.95 Å². The van der Waals surface area contributed by atoms with Crippen molar-refractivity contribution in [3.05, 3.63) is 35.6 Å². The number of ether oxygens (including phenoxy) is 1. The molecule has 7 nitrogen and oxygen atoms in total. The monoisotopic (exact) mass is 383 g/mol. The second-order valence-corrected chi connectivity index (χ2v) is 7.69. The number of benzene rings is 1. The van der Waals surface area contributed by atoms with Gasteiger partial charge in [-0.2, -0.15) is 0 Å². The molecular formula is C21H25N3O4. The van der Waals surface area contributed by atoms with Gasteiger partial charge in [0.05, 0.1) is 29.4 Å². The minimum atomic E-state index is -0.914. The number of ketones is 1. The molecule has 0 radical (unpaired) electrons. The van der Waals surface area contributed by atoms with Gasteiger partial charge in [0.25, 0.3) is 0 Å². The highest BCUT2D eigenvalue weighted by Gasteiger charge is 2.47. The summed E-state index contributed by atoms with van der Waals surface area (Å²) in [6.07, 6.45) is 1.21. The summed E-state index contributed by atoms with van der Waals surface area (Å²) in [4.78, 5) is 37.2. The largest absolute Gasteiger partial charge is 0.511 e. The third-order valence-electron chi connectivity index (χ3n) is 5.03. The number of hydrogen-bond donors (Lipinski definition) is 2. The van der Waals surface area contributed by atoms with Crippen molar-refractivity contribution in [3.8, 4) is 0 Å². The highest BCUT2D eigenvalue weighted by Crippen LogP contribution is 2.43. The summed E-state index contributed by atoms with van der Waals surface area (Å²) in [5.74, 6) is -1.62. The SMILES string of the molecule is CCCC(=O)C1=C(O)[C@@H](C(=O)OC)C(C)(C)C/C1=N\c1nc2ccccc2[nH]1. The van der Waals surface area contributed by atoms with Crippen LogP contribution >= 0.6 is 0 Å². The standard InChI is InChI=1S/C21H25N3O4/c1-5-8-15(25)16-14(11-21(2,3)17(18(16)26)19(27)28-4)24-20-22-12-9-6-7-10-13(12)23-20/h6-7,9-10,17,26H,5,8,11H2,1-4H3,(H,22,23)/b24-14+/t17-/m0/s1. The van der Waals surface area contributed by atoms with Crippen molar-refractivity contribution in [3.63, 3.8) is 0 Å². The van der Waals surface area contributed by atoms with Crippen LogP contribution in [0.1, 0.15) is 40.0 Å². The Hall–Kier alpha value is -2.96. The van der Waals surface area contributed by atoms with E-state index < -0.39 is 17.3 Å². The summed E-state index contributed by atoms with van der Waals surface area (Å²) >= 11 is 0. The van der Waals surface area contributed by atoms with Gasteiger partial charge in [-0.3, -0.25) is 9.59 Å². The first-order chi connectivity index (χ1) is 13.3. The van der Waals surface area contributed by atoms with Crippen LogP contribution in [0.2, 0.25) is 0 Å². The predicted molar refractivity (Wildman–Crippen MR) is 107 cm³/mol. The number of rotatable bonds is 5. The smallest absolute Gasteiger partial charge is 0.316 e. The summed E-state index contributed by atoms with van der Waals surface area (Å²) in [5, 5.41) is 10.9. The number of aromatic nitrogens is 2. The number of aliphatic hydroxyl groups is 1. The van der Waals surface area contributed by atoms with Crippen LogP contribution < -0.4 is 0 Å². The average molecular weight is 383 g/mol. The van der Waals surface area contributed by atoms with Gasteiger partial charge in [-0.05, 0) is 30.4 Å². The van der Waals surface area contributed by atoms with E-state index in [2.05, 4.69) is 15.0 Å². The maximum atomic E-state index is 12.8. The quantitative estimate of drug-likeness (QED) is 0.758. The molecule has 1 aromatic heterocycles. The van der Waals surface area contributed by atoms with Gasteiger partial charge < -0.3 is 14.8 Å². The molecule has 1 aromatic carbocycles. The summed E-state index contributed by atoms with van der Waals surface area (Å²) in [6, 6.07) is 7.53. The van der Waals surface area contributed by atoms with Crippen LogP contribution in [0.15, 0.2) is 40.6 Å². The lowest BCUT2D eigenvalue weighted by molar-refractivity contribution is -0.149. The van der Waals surface area contributed by atoms with E-state index in [0.29, 0.717) is 24.5 Å². The molecule has 0 spiro atoms. The maximum Gasteiger partial charge on any atom is 0.316 e. The number of esters is 1. The first-order valence-electron chi connectivity index (χ1n) is 9.35. The number of nitrogens with zero attached hydrogens (tertiary/aromatic N) is 2. The third-order valence-corrected chi connectivity index (χ3v) is 5.03. The average Bonchev–Trinajstić information content (AvgIpc) is 3.02. The fourth-order valence-corrected chi connectivity index (χ4v) is 3.70. The summed E-state index contributed by atoms with van der Waals surface area (Å²) < 4.78 is 4.87. The highest BCUT2D eigenvalue weighted by atomic mass is 16.5. The lowest BCUT2D eigenvalue weighted by atomic mass is 9.67. The van der Waals surface area contributed by atoms with Crippen molar-refractivity contribution in [1.82, 2.24) is 9.97 Å². The van der Waals surface area contributed by atoms with Crippen LogP contribution in [-0.2, 0) is 14.3 Å². The number of methoxy groups -OCH3 is 1. The Morgan fingerprint density at radius 2 is 2.07 bits per heavy atom. The van der Waals surface area contributed by atoms with Crippen molar-refractivity contribution >= 4 is 34.4 Å². The molecule has 0 fully saturated rings. The van der Waals surface area contributed by atoms with Crippen LogP contribution in [0.3, 0.4) is 0 Å². The van der Waals surface area contributed by atoms with E-state index in [9.17, 15) is 14.7 Å². The first kappa shape index (κ1) is 19.8. The lowest BCUT2D eigenvalue weighted by Crippen LogP contribution is -2.41.